The number of fused-ring (bicyclic) bond motifs is 2. The van der Waals surface area contributed by atoms with E-state index in [4.69, 9.17) is 4.74 Å². The molecule has 4 aromatic carbocycles. The minimum absolute atomic E-state index is 0.271. The van der Waals surface area contributed by atoms with Crippen LogP contribution in [-0.2, 0) is 0 Å². The quantitative estimate of drug-likeness (QED) is 0.239. The molecule has 0 bridgehead atoms. The number of hydrogen-bond acceptors (Lipinski definition) is 4. The topological polar surface area (TPSA) is 71.5 Å². The maximum absolute atomic E-state index is 11.2. The van der Waals surface area contributed by atoms with Crippen molar-refractivity contribution in [2.45, 2.75) is 6.42 Å². The molecule has 0 saturated heterocycles. The summed E-state index contributed by atoms with van der Waals surface area (Å²) in [6.07, 6.45) is 4.59. The van der Waals surface area contributed by atoms with Gasteiger partial charge in [-0.1, -0.05) is 72.8 Å². The molecular formula is C31H26N2O3. The summed E-state index contributed by atoms with van der Waals surface area (Å²) in [6.45, 7) is 1.12. The summed E-state index contributed by atoms with van der Waals surface area (Å²) >= 11 is 0. The molecule has 0 saturated carbocycles. The van der Waals surface area contributed by atoms with Gasteiger partial charge in [0.05, 0.1) is 23.4 Å². The third kappa shape index (κ3) is 5.36. The van der Waals surface area contributed by atoms with Crippen LogP contribution >= 0.6 is 0 Å². The monoisotopic (exact) mass is 474 g/mol. The Morgan fingerprint density at radius 3 is 2.47 bits per heavy atom. The summed E-state index contributed by atoms with van der Waals surface area (Å²) in [5.41, 5.74) is 4.24. The molecule has 0 radical (unpaired) electrons. The van der Waals surface area contributed by atoms with E-state index in [1.54, 1.807) is 18.3 Å². The first-order valence-electron chi connectivity index (χ1n) is 11.9. The molecule has 5 aromatic rings. The molecule has 5 rings (SSSR count). The van der Waals surface area contributed by atoms with Crippen molar-refractivity contribution in [2.75, 3.05) is 18.5 Å². The van der Waals surface area contributed by atoms with E-state index in [-0.39, 0.29) is 5.56 Å². The van der Waals surface area contributed by atoms with Crippen LogP contribution in [0.2, 0.25) is 0 Å². The van der Waals surface area contributed by atoms with E-state index in [1.165, 1.54) is 0 Å². The lowest BCUT2D eigenvalue weighted by Crippen LogP contribution is -2.09. The maximum atomic E-state index is 11.2. The normalized spacial score (nSPS) is 11.5. The Morgan fingerprint density at radius 1 is 0.861 bits per heavy atom. The minimum atomic E-state index is -0.931. The van der Waals surface area contributed by atoms with Gasteiger partial charge in [0.1, 0.15) is 5.75 Å². The van der Waals surface area contributed by atoms with Crippen LogP contribution in [0, 0.1) is 0 Å². The second kappa shape index (κ2) is 10.7. The smallest absolute Gasteiger partial charge is 0.335 e. The fraction of sp³-hybridized carbons (Fsp3) is 0.0968. The molecule has 2 N–H and O–H groups in total. The molecule has 178 valence electrons. The van der Waals surface area contributed by atoms with Crippen molar-refractivity contribution in [2.24, 2.45) is 0 Å². The zero-order valence-corrected chi connectivity index (χ0v) is 19.7. The lowest BCUT2D eigenvalue weighted by molar-refractivity contribution is 0.0697. The Morgan fingerprint density at radius 2 is 1.61 bits per heavy atom. The number of carboxylic acid groups (broad SMARTS) is 1. The van der Waals surface area contributed by atoms with Gasteiger partial charge in [0.25, 0.3) is 0 Å². The van der Waals surface area contributed by atoms with Crippen LogP contribution in [0.4, 0.5) is 5.69 Å². The van der Waals surface area contributed by atoms with Crippen molar-refractivity contribution >= 4 is 39.4 Å². The molecule has 0 atom stereocenters. The van der Waals surface area contributed by atoms with E-state index in [0.717, 1.165) is 44.2 Å². The van der Waals surface area contributed by atoms with Gasteiger partial charge in [-0.15, -0.1) is 0 Å². The molecular weight excluding hydrogens is 448 g/mol. The Hall–Kier alpha value is -4.64. The SMILES string of the molecule is O=C(O)c1ccc(C=C(CCOc2cccc3ccccc23)CNc2cccc3cccnc23)cc1. The van der Waals surface area contributed by atoms with Crippen molar-refractivity contribution < 1.29 is 14.6 Å². The van der Waals surface area contributed by atoms with Gasteiger partial charge in [0, 0.05) is 29.9 Å². The van der Waals surface area contributed by atoms with Crippen LogP contribution in [0.1, 0.15) is 22.3 Å². The van der Waals surface area contributed by atoms with Crippen molar-refractivity contribution in [3.63, 3.8) is 0 Å². The zero-order chi connectivity index (χ0) is 24.7. The summed E-state index contributed by atoms with van der Waals surface area (Å²) in [7, 11) is 0. The van der Waals surface area contributed by atoms with Crippen molar-refractivity contribution in [3.05, 3.63) is 120 Å². The number of carbonyl (C=O) groups is 1. The third-order valence-corrected chi connectivity index (χ3v) is 6.10. The Balaban J connectivity index is 1.35. The molecule has 1 aromatic heterocycles. The molecule has 0 fully saturated rings. The second-order valence-corrected chi connectivity index (χ2v) is 8.54. The first-order valence-corrected chi connectivity index (χ1v) is 11.9. The molecule has 0 aliphatic heterocycles. The first kappa shape index (κ1) is 23.1. The molecule has 1 heterocycles. The predicted molar refractivity (Wildman–Crippen MR) is 146 cm³/mol. The summed E-state index contributed by atoms with van der Waals surface area (Å²) < 4.78 is 6.20. The lowest BCUT2D eigenvalue weighted by atomic mass is 10.1. The average molecular weight is 475 g/mol. The third-order valence-electron chi connectivity index (χ3n) is 6.10. The number of aromatic carboxylic acids is 1. The predicted octanol–water partition coefficient (Wildman–Crippen LogP) is 7.05. The summed E-state index contributed by atoms with van der Waals surface area (Å²) in [5.74, 6) is -0.0659. The van der Waals surface area contributed by atoms with E-state index in [1.807, 2.05) is 66.7 Å². The van der Waals surface area contributed by atoms with E-state index >= 15 is 0 Å². The van der Waals surface area contributed by atoms with Gasteiger partial charge in [-0.2, -0.15) is 0 Å². The fourth-order valence-corrected chi connectivity index (χ4v) is 4.24. The molecule has 0 amide bonds. The van der Waals surface area contributed by atoms with E-state index < -0.39 is 5.97 Å². The summed E-state index contributed by atoms with van der Waals surface area (Å²) in [6, 6.07) is 31.3. The van der Waals surface area contributed by atoms with Gasteiger partial charge < -0.3 is 15.2 Å². The van der Waals surface area contributed by atoms with Crippen molar-refractivity contribution in [3.8, 4) is 5.75 Å². The summed E-state index contributed by atoms with van der Waals surface area (Å²) in [4.78, 5) is 15.8. The number of pyridine rings is 1. The van der Waals surface area contributed by atoms with E-state index in [2.05, 4.69) is 34.6 Å². The molecule has 5 nitrogen and oxygen atoms in total. The number of nitrogens with one attached hydrogen (secondary N) is 1. The fourth-order valence-electron chi connectivity index (χ4n) is 4.24. The van der Waals surface area contributed by atoms with Crippen molar-refractivity contribution in [1.29, 1.82) is 0 Å². The Bertz CT molecular complexity index is 1530. The molecule has 5 heteroatoms. The first-order chi connectivity index (χ1) is 17.7. The number of ether oxygens (including phenoxy) is 1. The van der Waals surface area contributed by atoms with E-state index in [0.29, 0.717) is 19.6 Å². The van der Waals surface area contributed by atoms with Gasteiger partial charge in [0.2, 0.25) is 0 Å². The Labute approximate surface area is 209 Å². The molecule has 0 aliphatic rings. The molecule has 0 unspecified atom stereocenters. The van der Waals surface area contributed by atoms with Crippen LogP contribution < -0.4 is 10.1 Å². The van der Waals surface area contributed by atoms with Crippen LogP contribution in [0.5, 0.6) is 5.75 Å². The molecule has 36 heavy (non-hydrogen) atoms. The molecule has 0 spiro atoms. The van der Waals surface area contributed by atoms with E-state index in [9.17, 15) is 9.90 Å². The number of hydrogen-bond donors (Lipinski definition) is 2. The van der Waals surface area contributed by atoms with Crippen molar-refractivity contribution in [1.82, 2.24) is 4.98 Å². The highest BCUT2D eigenvalue weighted by molar-refractivity contribution is 5.90. The van der Waals surface area contributed by atoms with Crippen LogP contribution in [0.15, 0.2) is 109 Å². The van der Waals surface area contributed by atoms with Gasteiger partial charge in [-0.05, 0) is 46.9 Å². The molecule has 0 aliphatic carbocycles. The largest absolute Gasteiger partial charge is 0.493 e. The summed E-state index contributed by atoms with van der Waals surface area (Å²) in [5, 5.41) is 16.1. The highest BCUT2D eigenvalue weighted by Gasteiger charge is 2.07. The number of carboxylic acids is 1. The standard InChI is InChI=1S/C31H26N2O3/c34-31(35)26-15-13-22(14-16-26)20-23(21-33-28-11-3-8-25-9-5-18-32-30(25)28)17-19-36-29-12-4-7-24-6-1-2-10-27(24)29/h1-16,18,20,33H,17,19,21H2,(H,34,35). The lowest BCUT2D eigenvalue weighted by Gasteiger charge is -2.14. The maximum Gasteiger partial charge on any atom is 0.335 e. The van der Waals surface area contributed by atoms with Gasteiger partial charge in [-0.3, -0.25) is 4.98 Å². The van der Waals surface area contributed by atoms with Gasteiger partial charge >= 0.3 is 5.97 Å². The van der Waals surface area contributed by atoms with Crippen LogP contribution in [0.3, 0.4) is 0 Å². The highest BCUT2D eigenvalue weighted by atomic mass is 16.5. The second-order valence-electron chi connectivity index (χ2n) is 8.54. The number of benzene rings is 4. The van der Waals surface area contributed by atoms with Crippen LogP contribution in [0.25, 0.3) is 27.8 Å². The van der Waals surface area contributed by atoms with Gasteiger partial charge in [0.15, 0.2) is 0 Å². The average Bonchev–Trinajstić information content (AvgIpc) is 2.92. The minimum Gasteiger partial charge on any atom is -0.493 e. The Kier molecular flexibility index (Phi) is 6.90. The van der Waals surface area contributed by atoms with Gasteiger partial charge in [-0.25, -0.2) is 4.79 Å². The zero-order valence-electron chi connectivity index (χ0n) is 19.7. The highest BCUT2D eigenvalue weighted by Crippen LogP contribution is 2.26. The number of rotatable bonds is 9. The number of aromatic nitrogens is 1. The number of nitrogens with zero attached hydrogens (tertiary/aromatic N) is 1. The number of anilines is 1. The van der Waals surface area contributed by atoms with Crippen LogP contribution in [-0.4, -0.2) is 29.2 Å². The number of para-hydroxylation sites is 1.